The van der Waals surface area contributed by atoms with Gasteiger partial charge in [-0.3, -0.25) is 9.55 Å². The van der Waals surface area contributed by atoms with Crippen LogP contribution in [0.3, 0.4) is 0 Å². The average molecular weight is 433 g/mol. The minimum atomic E-state index is 0.183. The summed E-state index contributed by atoms with van der Waals surface area (Å²) < 4.78 is 2.21. The zero-order chi connectivity index (χ0) is 21.3. The van der Waals surface area contributed by atoms with Crippen LogP contribution in [-0.2, 0) is 6.54 Å². The van der Waals surface area contributed by atoms with Gasteiger partial charge in [0, 0.05) is 18.0 Å². The highest BCUT2D eigenvalue weighted by Gasteiger charge is 2.30. The van der Waals surface area contributed by atoms with Gasteiger partial charge in [0.1, 0.15) is 0 Å². The fourth-order valence-electron chi connectivity index (χ4n) is 4.33. The van der Waals surface area contributed by atoms with Gasteiger partial charge < -0.3 is 0 Å². The fourth-order valence-corrected chi connectivity index (χ4v) is 5.58. The van der Waals surface area contributed by atoms with Gasteiger partial charge in [-0.2, -0.15) is 0 Å². The molecule has 0 N–H and O–H groups in total. The van der Waals surface area contributed by atoms with E-state index in [4.69, 9.17) is 0 Å². The molecule has 0 fully saturated rings. The molecule has 32 heavy (non-hydrogen) atoms. The summed E-state index contributed by atoms with van der Waals surface area (Å²) in [4.78, 5) is 4.29. The van der Waals surface area contributed by atoms with Crippen LogP contribution < -0.4 is 0 Å². The summed E-state index contributed by atoms with van der Waals surface area (Å²) in [6.07, 6.45) is 3.63. The van der Waals surface area contributed by atoms with Crippen molar-refractivity contribution in [1.82, 2.24) is 19.7 Å². The van der Waals surface area contributed by atoms with E-state index < -0.39 is 0 Å². The molecule has 1 aliphatic carbocycles. The molecule has 6 rings (SSSR count). The molecule has 0 aliphatic heterocycles. The molecule has 1 aliphatic rings. The van der Waals surface area contributed by atoms with Crippen LogP contribution in [0.15, 0.2) is 109 Å². The second-order valence-corrected chi connectivity index (χ2v) is 8.86. The molecule has 154 valence electrons. The molecule has 0 radical (unpaired) electrons. The van der Waals surface area contributed by atoms with E-state index in [-0.39, 0.29) is 5.25 Å². The Labute approximate surface area is 191 Å². The molecular formula is C27H20N4S. The van der Waals surface area contributed by atoms with Gasteiger partial charge in [0.25, 0.3) is 0 Å². The van der Waals surface area contributed by atoms with Gasteiger partial charge in [-0.05, 0) is 39.9 Å². The van der Waals surface area contributed by atoms with Crippen molar-refractivity contribution in [3.63, 3.8) is 0 Å². The highest BCUT2D eigenvalue weighted by atomic mass is 32.2. The molecule has 0 saturated carbocycles. The largest absolute Gasteiger partial charge is 0.297 e. The molecule has 0 saturated heterocycles. The predicted molar refractivity (Wildman–Crippen MR) is 128 cm³/mol. The predicted octanol–water partition coefficient (Wildman–Crippen LogP) is 6.25. The van der Waals surface area contributed by atoms with Gasteiger partial charge in [-0.25, -0.2) is 0 Å². The summed E-state index contributed by atoms with van der Waals surface area (Å²) in [6.45, 7) is 0.705. The van der Waals surface area contributed by atoms with Crippen molar-refractivity contribution in [2.24, 2.45) is 0 Å². The van der Waals surface area contributed by atoms with Gasteiger partial charge in [0.05, 0.1) is 11.8 Å². The van der Waals surface area contributed by atoms with Crippen LogP contribution in [-0.4, -0.2) is 19.7 Å². The second kappa shape index (κ2) is 8.09. The van der Waals surface area contributed by atoms with Crippen molar-refractivity contribution < 1.29 is 0 Å². The number of hydrogen-bond acceptors (Lipinski definition) is 4. The molecule has 0 spiro atoms. The van der Waals surface area contributed by atoms with E-state index in [0.29, 0.717) is 6.54 Å². The molecule has 0 unspecified atom stereocenters. The summed E-state index contributed by atoms with van der Waals surface area (Å²) in [6, 6.07) is 31.8. The molecule has 0 amide bonds. The molecular weight excluding hydrogens is 412 g/mol. The van der Waals surface area contributed by atoms with Crippen LogP contribution in [0.25, 0.3) is 22.5 Å². The lowest BCUT2D eigenvalue weighted by molar-refractivity contribution is 0.713. The third-order valence-electron chi connectivity index (χ3n) is 5.82. The number of pyridine rings is 1. The van der Waals surface area contributed by atoms with Gasteiger partial charge in [-0.15, -0.1) is 10.2 Å². The van der Waals surface area contributed by atoms with E-state index >= 15 is 0 Å². The minimum absolute atomic E-state index is 0.183. The lowest BCUT2D eigenvalue weighted by Crippen LogP contribution is -2.05. The molecule has 0 bridgehead atoms. The smallest absolute Gasteiger partial charge is 0.192 e. The maximum atomic E-state index is 4.65. The van der Waals surface area contributed by atoms with Crippen LogP contribution in [0.4, 0.5) is 0 Å². The Kier molecular flexibility index (Phi) is 4.81. The van der Waals surface area contributed by atoms with Crippen LogP contribution in [0.5, 0.6) is 0 Å². The standard InChI is InChI=1S/C27H20N4S/c1-2-9-19(10-3-1)18-31-26(20-11-8-16-28-17-20)29-30-27(31)32-25-23-14-6-4-12-21(23)22-13-5-7-15-24(22)25/h1-17,25H,18H2. The molecule has 2 aromatic heterocycles. The molecule has 2 heterocycles. The van der Waals surface area contributed by atoms with Crippen molar-refractivity contribution in [2.45, 2.75) is 17.0 Å². The van der Waals surface area contributed by atoms with Crippen molar-refractivity contribution in [1.29, 1.82) is 0 Å². The summed E-state index contributed by atoms with van der Waals surface area (Å²) in [5.41, 5.74) is 7.46. The normalized spacial score (nSPS) is 12.5. The van der Waals surface area contributed by atoms with Gasteiger partial charge in [0.2, 0.25) is 0 Å². The molecule has 3 aromatic carbocycles. The quantitative estimate of drug-likeness (QED) is 0.329. The molecule has 0 atom stereocenters. The Morgan fingerprint density at radius 1 is 0.719 bits per heavy atom. The first-order valence-electron chi connectivity index (χ1n) is 10.6. The van der Waals surface area contributed by atoms with Crippen LogP contribution in [0, 0.1) is 0 Å². The third-order valence-corrected chi connectivity index (χ3v) is 7.08. The summed E-state index contributed by atoms with van der Waals surface area (Å²) in [5, 5.41) is 10.3. The molecule has 5 aromatic rings. The van der Waals surface area contributed by atoms with E-state index in [1.54, 1.807) is 18.0 Å². The lowest BCUT2D eigenvalue weighted by atomic mass is 10.1. The maximum absolute atomic E-state index is 4.65. The first-order chi connectivity index (χ1) is 15.9. The third kappa shape index (κ3) is 3.31. The zero-order valence-corrected chi connectivity index (χ0v) is 18.1. The summed E-state index contributed by atoms with van der Waals surface area (Å²) in [5.74, 6) is 0.837. The Morgan fingerprint density at radius 2 is 1.41 bits per heavy atom. The Balaban J connectivity index is 1.45. The second-order valence-electron chi connectivity index (χ2n) is 7.79. The highest BCUT2D eigenvalue weighted by Crippen LogP contribution is 2.52. The number of benzene rings is 3. The van der Waals surface area contributed by atoms with Gasteiger partial charge in [0.15, 0.2) is 11.0 Å². The van der Waals surface area contributed by atoms with E-state index in [0.717, 1.165) is 16.5 Å². The number of fused-ring (bicyclic) bond motifs is 3. The summed E-state index contributed by atoms with van der Waals surface area (Å²) in [7, 11) is 0. The number of thioether (sulfide) groups is 1. The van der Waals surface area contributed by atoms with Crippen LogP contribution in [0.1, 0.15) is 21.9 Å². The van der Waals surface area contributed by atoms with E-state index in [2.05, 4.69) is 92.5 Å². The fraction of sp³-hybridized carbons (Fsp3) is 0.0741. The minimum Gasteiger partial charge on any atom is -0.297 e. The number of aromatic nitrogens is 4. The number of rotatable bonds is 5. The Bertz CT molecular complexity index is 1330. The first kappa shape index (κ1) is 19.0. The van der Waals surface area contributed by atoms with Gasteiger partial charge in [-0.1, -0.05) is 90.6 Å². The van der Waals surface area contributed by atoms with Crippen molar-refractivity contribution in [3.8, 4) is 22.5 Å². The van der Waals surface area contributed by atoms with E-state index in [1.165, 1.54) is 27.8 Å². The maximum Gasteiger partial charge on any atom is 0.192 e. The van der Waals surface area contributed by atoms with Crippen molar-refractivity contribution in [3.05, 3.63) is 120 Å². The van der Waals surface area contributed by atoms with Crippen molar-refractivity contribution >= 4 is 11.8 Å². The first-order valence-corrected chi connectivity index (χ1v) is 11.5. The zero-order valence-electron chi connectivity index (χ0n) is 17.3. The van der Waals surface area contributed by atoms with Crippen molar-refractivity contribution in [2.75, 3.05) is 0 Å². The van der Waals surface area contributed by atoms with E-state index in [1.807, 2.05) is 24.4 Å². The SMILES string of the molecule is c1ccc(Cn2c(SC3c4ccccc4-c4ccccc43)nnc2-c2cccnc2)cc1. The summed E-state index contributed by atoms with van der Waals surface area (Å²) >= 11 is 1.77. The Morgan fingerprint density at radius 3 is 2.09 bits per heavy atom. The highest BCUT2D eigenvalue weighted by molar-refractivity contribution is 7.99. The lowest BCUT2D eigenvalue weighted by Gasteiger charge is -2.15. The van der Waals surface area contributed by atoms with E-state index in [9.17, 15) is 0 Å². The topological polar surface area (TPSA) is 43.6 Å². The number of hydrogen-bond donors (Lipinski definition) is 0. The monoisotopic (exact) mass is 432 g/mol. The Hall–Kier alpha value is -3.70. The van der Waals surface area contributed by atoms with Crippen LogP contribution >= 0.6 is 11.8 Å². The molecule has 4 nitrogen and oxygen atoms in total. The number of nitrogens with zero attached hydrogens (tertiary/aromatic N) is 4. The average Bonchev–Trinajstić information content (AvgIpc) is 3.40. The van der Waals surface area contributed by atoms with Crippen LogP contribution in [0.2, 0.25) is 0 Å². The molecule has 5 heteroatoms. The van der Waals surface area contributed by atoms with Gasteiger partial charge >= 0.3 is 0 Å².